The van der Waals surface area contributed by atoms with Crippen LogP contribution in [-0.2, 0) is 0 Å². The van der Waals surface area contributed by atoms with Gasteiger partial charge < -0.3 is 5.11 Å². The zero-order valence-electron chi connectivity index (χ0n) is 12.5. The Morgan fingerprint density at radius 1 is 0.944 bits per heavy atom. The SMILES string of the molecule is CCC(C)C(c1ccc(C(C)CO)cc1)C(C)C. The summed E-state index contributed by atoms with van der Waals surface area (Å²) in [6.45, 7) is 11.5. The van der Waals surface area contributed by atoms with Gasteiger partial charge in [-0.2, -0.15) is 0 Å². The van der Waals surface area contributed by atoms with Crippen molar-refractivity contribution in [2.75, 3.05) is 6.61 Å². The van der Waals surface area contributed by atoms with Gasteiger partial charge in [0.15, 0.2) is 0 Å². The predicted octanol–water partition coefficient (Wildman–Crippen LogP) is 4.57. The van der Waals surface area contributed by atoms with E-state index in [4.69, 9.17) is 0 Å². The van der Waals surface area contributed by atoms with Crippen LogP contribution in [0.1, 0.15) is 64.0 Å². The molecule has 0 heterocycles. The van der Waals surface area contributed by atoms with Gasteiger partial charge >= 0.3 is 0 Å². The number of rotatable bonds is 6. The molecule has 3 unspecified atom stereocenters. The van der Waals surface area contributed by atoms with E-state index in [1.165, 1.54) is 17.5 Å². The van der Waals surface area contributed by atoms with Gasteiger partial charge in [0.1, 0.15) is 0 Å². The van der Waals surface area contributed by atoms with E-state index in [-0.39, 0.29) is 12.5 Å². The monoisotopic (exact) mass is 248 g/mol. The van der Waals surface area contributed by atoms with Crippen LogP contribution < -0.4 is 0 Å². The summed E-state index contributed by atoms with van der Waals surface area (Å²) in [5.41, 5.74) is 2.67. The Labute approximate surface area is 112 Å². The van der Waals surface area contributed by atoms with Crippen molar-refractivity contribution >= 4 is 0 Å². The minimum absolute atomic E-state index is 0.221. The fraction of sp³-hybridized carbons (Fsp3) is 0.647. The van der Waals surface area contributed by atoms with Crippen LogP contribution in [0.4, 0.5) is 0 Å². The molecule has 1 aromatic rings. The second-order valence-electron chi connectivity index (χ2n) is 5.91. The fourth-order valence-corrected chi connectivity index (χ4v) is 2.78. The molecule has 0 saturated carbocycles. The molecule has 0 bridgehead atoms. The molecular weight excluding hydrogens is 220 g/mol. The van der Waals surface area contributed by atoms with Crippen molar-refractivity contribution in [3.05, 3.63) is 35.4 Å². The second kappa shape index (κ2) is 6.94. The highest BCUT2D eigenvalue weighted by Crippen LogP contribution is 2.34. The minimum atomic E-state index is 0.221. The molecule has 0 aliphatic carbocycles. The first kappa shape index (κ1) is 15.2. The fourth-order valence-electron chi connectivity index (χ4n) is 2.78. The van der Waals surface area contributed by atoms with Crippen LogP contribution >= 0.6 is 0 Å². The number of aliphatic hydroxyl groups excluding tert-OH is 1. The van der Waals surface area contributed by atoms with Gasteiger partial charge in [0.05, 0.1) is 0 Å². The number of benzene rings is 1. The first-order valence-electron chi connectivity index (χ1n) is 7.21. The van der Waals surface area contributed by atoms with Crippen LogP contribution in [0, 0.1) is 11.8 Å². The third-order valence-corrected chi connectivity index (χ3v) is 4.14. The van der Waals surface area contributed by atoms with Crippen LogP contribution in [-0.4, -0.2) is 11.7 Å². The molecule has 1 aromatic carbocycles. The normalized spacial score (nSPS) is 16.6. The predicted molar refractivity (Wildman–Crippen MR) is 79.0 cm³/mol. The maximum atomic E-state index is 9.18. The molecular formula is C17H28O. The molecule has 3 atom stereocenters. The van der Waals surface area contributed by atoms with E-state index in [2.05, 4.69) is 58.9 Å². The second-order valence-corrected chi connectivity index (χ2v) is 5.91. The zero-order chi connectivity index (χ0) is 13.7. The summed E-state index contributed by atoms with van der Waals surface area (Å²) in [6, 6.07) is 8.85. The Hall–Kier alpha value is -0.820. The van der Waals surface area contributed by atoms with Crippen LogP contribution in [0.15, 0.2) is 24.3 Å². The van der Waals surface area contributed by atoms with Gasteiger partial charge in [0, 0.05) is 12.5 Å². The summed E-state index contributed by atoms with van der Waals surface area (Å²) in [7, 11) is 0. The van der Waals surface area contributed by atoms with Gasteiger partial charge in [0.2, 0.25) is 0 Å². The van der Waals surface area contributed by atoms with Gasteiger partial charge in [-0.05, 0) is 28.9 Å². The Balaban J connectivity index is 2.94. The number of hydrogen-bond donors (Lipinski definition) is 1. The average molecular weight is 248 g/mol. The highest BCUT2D eigenvalue weighted by Gasteiger charge is 2.21. The first-order valence-corrected chi connectivity index (χ1v) is 7.21. The molecule has 0 fully saturated rings. The first-order chi connectivity index (χ1) is 8.51. The zero-order valence-corrected chi connectivity index (χ0v) is 12.5. The molecule has 0 amide bonds. The average Bonchev–Trinajstić information content (AvgIpc) is 2.38. The largest absolute Gasteiger partial charge is 0.396 e. The Kier molecular flexibility index (Phi) is 5.87. The van der Waals surface area contributed by atoms with E-state index in [9.17, 15) is 5.11 Å². The van der Waals surface area contributed by atoms with Crippen molar-refractivity contribution in [2.45, 2.75) is 52.9 Å². The topological polar surface area (TPSA) is 20.2 Å². The summed E-state index contributed by atoms with van der Waals surface area (Å²) in [6.07, 6.45) is 1.22. The molecule has 0 saturated heterocycles. The molecule has 18 heavy (non-hydrogen) atoms. The summed E-state index contributed by atoms with van der Waals surface area (Å²) >= 11 is 0. The standard InChI is InChI=1S/C17H28O/c1-6-13(4)17(12(2)3)16-9-7-15(8-10-16)14(5)11-18/h7-10,12-14,17-18H,6,11H2,1-5H3. The molecule has 1 heteroatoms. The molecule has 0 aromatic heterocycles. The highest BCUT2D eigenvalue weighted by atomic mass is 16.3. The molecule has 1 nitrogen and oxygen atoms in total. The smallest absolute Gasteiger partial charge is 0.0497 e. The van der Waals surface area contributed by atoms with Crippen LogP contribution in [0.25, 0.3) is 0 Å². The van der Waals surface area contributed by atoms with Crippen LogP contribution in [0.3, 0.4) is 0 Å². The third-order valence-electron chi connectivity index (χ3n) is 4.14. The lowest BCUT2D eigenvalue weighted by molar-refractivity contribution is 0.273. The Morgan fingerprint density at radius 2 is 1.44 bits per heavy atom. The molecule has 0 aliphatic rings. The molecule has 0 radical (unpaired) electrons. The van der Waals surface area contributed by atoms with Crippen molar-refractivity contribution in [3.63, 3.8) is 0 Å². The molecule has 0 spiro atoms. The van der Waals surface area contributed by atoms with Crippen molar-refractivity contribution < 1.29 is 5.11 Å². The maximum absolute atomic E-state index is 9.18. The summed E-state index contributed by atoms with van der Waals surface area (Å²) in [4.78, 5) is 0. The van der Waals surface area contributed by atoms with E-state index in [0.29, 0.717) is 17.8 Å². The molecule has 1 N–H and O–H groups in total. The number of hydrogen-bond acceptors (Lipinski definition) is 1. The summed E-state index contributed by atoms with van der Waals surface area (Å²) < 4.78 is 0. The van der Waals surface area contributed by atoms with Gasteiger partial charge in [-0.25, -0.2) is 0 Å². The lowest BCUT2D eigenvalue weighted by Gasteiger charge is -2.27. The minimum Gasteiger partial charge on any atom is -0.396 e. The van der Waals surface area contributed by atoms with Gasteiger partial charge in [0.25, 0.3) is 0 Å². The van der Waals surface area contributed by atoms with Gasteiger partial charge in [-0.1, -0.05) is 65.3 Å². The van der Waals surface area contributed by atoms with E-state index >= 15 is 0 Å². The lowest BCUT2D eigenvalue weighted by atomic mass is 9.78. The van der Waals surface area contributed by atoms with Gasteiger partial charge in [-0.3, -0.25) is 0 Å². The Morgan fingerprint density at radius 3 is 1.83 bits per heavy atom. The molecule has 0 aliphatic heterocycles. The Bertz CT molecular complexity index is 339. The summed E-state index contributed by atoms with van der Waals surface area (Å²) in [5.74, 6) is 2.25. The maximum Gasteiger partial charge on any atom is 0.0497 e. The lowest BCUT2D eigenvalue weighted by Crippen LogP contribution is -2.15. The van der Waals surface area contributed by atoms with E-state index in [1.807, 2.05) is 0 Å². The molecule has 102 valence electrons. The van der Waals surface area contributed by atoms with Crippen LogP contribution in [0.2, 0.25) is 0 Å². The third kappa shape index (κ3) is 3.58. The van der Waals surface area contributed by atoms with Crippen molar-refractivity contribution in [1.82, 2.24) is 0 Å². The van der Waals surface area contributed by atoms with E-state index in [0.717, 1.165) is 0 Å². The number of aliphatic hydroxyl groups is 1. The molecule has 1 rings (SSSR count). The quantitative estimate of drug-likeness (QED) is 0.782. The van der Waals surface area contributed by atoms with Gasteiger partial charge in [-0.15, -0.1) is 0 Å². The van der Waals surface area contributed by atoms with Crippen molar-refractivity contribution in [2.24, 2.45) is 11.8 Å². The van der Waals surface area contributed by atoms with Crippen molar-refractivity contribution in [1.29, 1.82) is 0 Å². The highest BCUT2D eigenvalue weighted by molar-refractivity contribution is 5.28. The van der Waals surface area contributed by atoms with Crippen molar-refractivity contribution in [3.8, 4) is 0 Å². The van der Waals surface area contributed by atoms with E-state index < -0.39 is 0 Å². The summed E-state index contributed by atoms with van der Waals surface area (Å²) in [5, 5.41) is 9.18. The van der Waals surface area contributed by atoms with E-state index in [1.54, 1.807) is 0 Å². The van der Waals surface area contributed by atoms with Crippen LogP contribution in [0.5, 0.6) is 0 Å².